The molecule has 150 valence electrons. The number of aryl methyl sites for hydroxylation is 2. The van der Waals surface area contributed by atoms with E-state index in [2.05, 4.69) is 10.2 Å². The fourth-order valence-corrected chi connectivity index (χ4v) is 3.56. The summed E-state index contributed by atoms with van der Waals surface area (Å²) < 4.78 is 14.1. The van der Waals surface area contributed by atoms with E-state index in [1.165, 1.54) is 10.9 Å². The fourth-order valence-electron chi connectivity index (χ4n) is 3.56. The zero-order chi connectivity index (χ0) is 20.5. The van der Waals surface area contributed by atoms with Gasteiger partial charge in [-0.1, -0.05) is 24.3 Å². The summed E-state index contributed by atoms with van der Waals surface area (Å²) in [5.41, 5.74) is 3.23. The number of aromatic nitrogens is 3. The van der Waals surface area contributed by atoms with E-state index in [1.807, 2.05) is 47.9 Å². The molecular formula is C21H22FN5O2. The first-order chi connectivity index (χ1) is 13.9. The number of carboxylic acid groups (broad SMARTS) is 1. The van der Waals surface area contributed by atoms with Crippen LogP contribution in [0.3, 0.4) is 0 Å². The lowest BCUT2D eigenvalue weighted by Crippen LogP contribution is -2.47. The molecule has 8 heteroatoms. The lowest BCUT2D eigenvalue weighted by Gasteiger charge is -2.36. The molecular weight excluding hydrogens is 373 g/mol. The molecule has 0 atom stereocenters. The molecule has 0 bridgehead atoms. The van der Waals surface area contributed by atoms with E-state index >= 15 is 0 Å². The van der Waals surface area contributed by atoms with E-state index in [4.69, 9.17) is 0 Å². The predicted molar refractivity (Wildman–Crippen MR) is 109 cm³/mol. The first-order valence-electron chi connectivity index (χ1n) is 9.47. The van der Waals surface area contributed by atoms with E-state index in [9.17, 15) is 14.3 Å². The third-order valence-electron chi connectivity index (χ3n) is 5.15. The Bertz CT molecular complexity index is 1060. The standard InChI is InChI=1S/C21H22FN5O2/c1-14-7-8-15(2)18(13-14)27-23-19(21(28)29)20(24-27)26-11-9-25(10-12-26)17-6-4-3-5-16(17)22/h3-8,13H,9-12H2,1-2H3,(H,28,29). The average Bonchev–Trinajstić information content (AvgIpc) is 3.16. The van der Waals surface area contributed by atoms with E-state index < -0.39 is 5.97 Å². The maximum absolute atomic E-state index is 14.1. The van der Waals surface area contributed by atoms with Gasteiger partial charge in [-0.25, -0.2) is 9.18 Å². The SMILES string of the molecule is Cc1ccc(C)c(-n2nc(C(=O)O)c(N3CCN(c4ccccc4F)CC3)n2)c1. The van der Waals surface area contributed by atoms with Crippen LogP contribution in [-0.4, -0.2) is 52.2 Å². The molecule has 1 aliphatic rings. The Morgan fingerprint density at radius 3 is 2.34 bits per heavy atom. The van der Waals surface area contributed by atoms with Crippen molar-refractivity contribution in [2.75, 3.05) is 36.0 Å². The molecule has 1 fully saturated rings. The van der Waals surface area contributed by atoms with E-state index in [-0.39, 0.29) is 11.5 Å². The Kier molecular flexibility index (Phi) is 4.92. The Labute approximate surface area is 168 Å². The normalized spacial score (nSPS) is 14.3. The first kappa shape index (κ1) is 18.9. The van der Waals surface area contributed by atoms with Gasteiger partial charge in [0.1, 0.15) is 5.82 Å². The highest BCUT2D eigenvalue weighted by Gasteiger charge is 2.27. The average molecular weight is 395 g/mol. The number of piperazine rings is 1. The van der Waals surface area contributed by atoms with Crippen LogP contribution in [0.4, 0.5) is 15.9 Å². The molecule has 2 heterocycles. The third-order valence-corrected chi connectivity index (χ3v) is 5.15. The maximum atomic E-state index is 14.1. The van der Waals surface area contributed by atoms with Crippen LogP contribution in [0.5, 0.6) is 0 Å². The molecule has 0 unspecified atom stereocenters. The van der Waals surface area contributed by atoms with Crippen molar-refractivity contribution in [3.63, 3.8) is 0 Å². The number of hydrogen-bond acceptors (Lipinski definition) is 5. The summed E-state index contributed by atoms with van der Waals surface area (Å²) >= 11 is 0. The van der Waals surface area contributed by atoms with Crippen molar-refractivity contribution in [1.29, 1.82) is 0 Å². The van der Waals surface area contributed by atoms with Gasteiger partial charge in [-0.3, -0.25) is 0 Å². The van der Waals surface area contributed by atoms with E-state index in [0.29, 0.717) is 37.7 Å². The largest absolute Gasteiger partial charge is 0.476 e. The number of halogens is 1. The second-order valence-electron chi connectivity index (χ2n) is 7.18. The summed E-state index contributed by atoms with van der Waals surface area (Å²) in [6.07, 6.45) is 0. The van der Waals surface area contributed by atoms with Crippen LogP contribution in [0.15, 0.2) is 42.5 Å². The molecule has 3 aromatic rings. The van der Waals surface area contributed by atoms with Crippen LogP contribution in [0, 0.1) is 19.7 Å². The lowest BCUT2D eigenvalue weighted by atomic mass is 10.1. The van der Waals surface area contributed by atoms with Gasteiger partial charge in [-0.05, 0) is 43.2 Å². The summed E-state index contributed by atoms with van der Waals surface area (Å²) in [4.78, 5) is 17.0. The minimum absolute atomic E-state index is 0.0785. The third kappa shape index (κ3) is 3.65. The van der Waals surface area contributed by atoms with Crippen LogP contribution in [-0.2, 0) is 0 Å². The number of anilines is 2. The number of rotatable bonds is 4. The number of carboxylic acids is 1. The summed E-state index contributed by atoms with van der Waals surface area (Å²) in [5, 5.41) is 18.4. The Morgan fingerprint density at radius 2 is 1.66 bits per heavy atom. The zero-order valence-corrected chi connectivity index (χ0v) is 16.3. The van der Waals surface area contributed by atoms with Gasteiger partial charge >= 0.3 is 5.97 Å². The molecule has 0 amide bonds. The topological polar surface area (TPSA) is 74.5 Å². The number of hydrogen-bond donors (Lipinski definition) is 1. The molecule has 0 radical (unpaired) electrons. The number of aromatic carboxylic acids is 1. The molecule has 7 nitrogen and oxygen atoms in total. The van der Waals surface area contributed by atoms with Crippen LogP contribution in [0.2, 0.25) is 0 Å². The smallest absolute Gasteiger partial charge is 0.360 e. The Balaban J connectivity index is 1.61. The van der Waals surface area contributed by atoms with Crippen LogP contribution in [0.25, 0.3) is 5.69 Å². The van der Waals surface area contributed by atoms with Crippen molar-refractivity contribution >= 4 is 17.5 Å². The van der Waals surface area contributed by atoms with Gasteiger partial charge in [0.2, 0.25) is 5.69 Å². The maximum Gasteiger partial charge on any atom is 0.360 e. The van der Waals surface area contributed by atoms with Crippen LogP contribution < -0.4 is 9.80 Å². The van der Waals surface area contributed by atoms with E-state index in [0.717, 1.165) is 16.8 Å². The molecule has 0 saturated carbocycles. The van der Waals surface area contributed by atoms with Gasteiger partial charge in [-0.15, -0.1) is 15.0 Å². The molecule has 4 rings (SSSR count). The number of carbonyl (C=O) groups is 1. The molecule has 0 aliphatic carbocycles. The summed E-state index contributed by atoms with van der Waals surface area (Å²) in [6, 6.07) is 12.6. The number of para-hydroxylation sites is 1. The van der Waals surface area contributed by atoms with Crippen molar-refractivity contribution in [3.8, 4) is 5.69 Å². The molecule has 1 aromatic heterocycles. The molecule has 1 saturated heterocycles. The zero-order valence-electron chi connectivity index (χ0n) is 16.3. The van der Waals surface area contributed by atoms with Gasteiger partial charge in [0, 0.05) is 26.2 Å². The summed E-state index contributed by atoms with van der Waals surface area (Å²) in [6.45, 7) is 6.09. The highest BCUT2D eigenvalue weighted by molar-refractivity contribution is 5.91. The van der Waals surface area contributed by atoms with Gasteiger partial charge in [-0.2, -0.15) is 0 Å². The molecule has 1 aliphatic heterocycles. The second-order valence-corrected chi connectivity index (χ2v) is 7.18. The van der Waals surface area contributed by atoms with Crippen molar-refractivity contribution in [1.82, 2.24) is 15.0 Å². The number of nitrogens with zero attached hydrogens (tertiary/aromatic N) is 5. The predicted octanol–water partition coefficient (Wildman–Crippen LogP) is 3.05. The minimum atomic E-state index is -1.12. The second kappa shape index (κ2) is 7.54. The van der Waals surface area contributed by atoms with Crippen LogP contribution >= 0.6 is 0 Å². The van der Waals surface area contributed by atoms with Gasteiger partial charge in [0.15, 0.2) is 5.82 Å². The van der Waals surface area contributed by atoms with Crippen LogP contribution in [0.1, 0.15) is 21.6 Å². The highest BCUT2D eigenvalue weighted by atomic mass is 19.1. The van der Waals surface area contributed by atoms with E-state index in [1.54, 1.807) is 12.1 Å². The lowest BCUT2D eigenvalue weighted by molar-refractivity contribution is 0.0690. The molecule has 1 N–H and O–H groups in total. The number of benzene rings is 2. The van der Waals surface area contributed by atoms with Crippen molar-refractivity contribution in [3.05, 3.63) is 65.1 Å². The molecule has 2 aromatic carbocycles. The highest BCUT2D eigenvalue weighted by Crippen LogP contribution is 2.25. The van der Waals surface area contributed by atoms with Gasteiger partial charge < -0.3 is 14.9 Å². The molecule has 29 heavy (non-hydrogen) atoms. The van der Waals surface area contributed by atoms with Crippen molar-refractivity contribution < 1.29 is 14.3 Å². The van der Waals surface area contributed by atoms with Crippen molar-refractivity contribution in [2.24, 2.45) is 0 Å². The monoisotopic (exact) mass is 395 g/mol. The quantitative estimate of drug-likeness (QED) is 0.732. The Morgan fingerprint density at radius 1 is 0.966 bits per heavy atom. The van der Waals surface area contributed by atoms with Gasteiger partial charge in [0.05, 0.1) is 11.4 Å². The summed E-state index contributed by atoms with van der Waals surface area (Å²) in [7, 11) is 0. The summed E-state index contributed by atoms with van der Waals surface area (Å²) in [5.74, 6) is -1.03. The first-order valence-corrected chi connectivity index (χ1v) is 9.47. The minimum Gasteiger partial charge on any atom is -0.476 e. The molecule has 0 spiro atoms. The fraction of sp³-hybridized carbons (Fsp3) is 0.286. The Hall–Kier alpha value is -3.42. The van der Waals surface area contributed by atoms with Crippen molar-refractivity contribution in [2.45, 2.75) is 13.8 Å². The van der Waals surface area contributed by atoms with Gasteiger partial charge in [0.25, 0.3) is 0 Å².